The molecule has 0 fully saturated rings. The van der Waals surface area contributed by atoms with Gasteiger partial charge in [0.05, 0.1) is 5.69 Å². The maximum Gasteiger partial charge on any atom is 0.0638 e. The van der Waals surface area contributed by atoms with Gasteiger partial charge in [0.15, 0.2) is 0 Å². The Morgan fingerprint density at radius 1 is 1.31 bits per heavy atom. The zero-order valence-electron chi connectivity index (χ0n) is 11.1. The Kier molecular flexibility index (Phi) is 5.53. The summed E-state index contributed by atoms with van der Waals surface area (Å²) >= 11 is 0. The molecule has 3 heteroatoms. The SMILES string of the molecule is CCCCC(CC)NCc1c(C)n[nH]c1C. The highest BCUT2D eigenvalue weighted by molar-refractivity contribution is 5.22. The van der Waals surface area contributed by atoms with E-state index >= 15 is 0 Å². The van der Waals surface area contributed by atoms with Crippen LogP contribution >= 0.6 is 0 Å². The van der Waals surface area contributed by atoms with Crippen molar-refractivity contribution >= 4 is 0 Å². The van der Waals surface area contributed by atoms with Gasteiger partial charge in [0.2, 0.25) is 0 Å². The molecule has 1 aromatic heterocycles. The third-order valence-electron chi connectivity index (χ3n) is 3.25. The van der Waals surface area contributed by atoms with Crippen LogP contribution in [0, 0.1) is 13.8 Å². The monoisotopic (exact) mass is 223 g/mol. The number of nitrogens with zero attached hydrogens (tertiary/aromatic N) is 1. The number of hydrogen-bond donors (Lipinski definition) is 2. The van der Waals surface area contributed by atoms with Crippen molar-refractivity contribution in [3.8, 4) is 0 Å². The first-order valence-corrected chi connectivity index (χ1v) is 6.42. The molecule has 0 bridgehead atoms. The van der Waals surface area contributed by atoms with Crippen molar-refractivity contribution in [1.82, 2.24) is 15.5 Å². The van der Waals surface area contributed by atoms with E-state index < -0.39 is 0 Å². The van der Waals surface area contributed by atoms with Gasteiger partial charge in [0, 0.05) is 23.8 Å². The second kappa shape index (κ2) is 6.69. The molecule has 0 aromatic carbocycles. The lowest BCUT2D eigenvalue weighted by molar-refractivity contribution is 0.451. The molecule has 2 N–H and O–H groups in total. The van der Waals surface area contributed by atoms with E-state index in [9.17, 15) is 0 Å². The summed E-state index contributed by atoms with van der Waals surface area (Å²) in [5.74, 6) is 0. The van der Waals surface area contributed by atoms with E-state index in [0.717, 1.165) is 12.2 Å². The summed E-state index contributed by atoms with van der Waals surface area (Å²) in [4.78, 5) is 0. The van der Waals surface area contributed by atoms with Crippen molar-refractivity contribution in [2.45, 2.75) is 66.0 Å². The second-order valence-electron chi connectivity index (χ2n) is 4.54. The van der Waals surface area contributed by atoms with Gasteiger partial charge in [-0.05, 0) is 26.7 Å². The van der Waals surface area contributed by atoms with Gasteiger partial charge in [0.1, 0.15) is 0 Å². The highest BCUT2D eigenvalue weighted by atomic mass is 15.1. The number of rotatable bonds is 7. The first kappa shape index (κ1) is 13.2. The number of H-pyrrole nitrogens is 1. The van der Waals surface area contributed by atoms with Gasteiger partial charge < -0.3 is 5.32 Å². The largest absolute Gasteiger partial charge is 0.310 e. The first-order valence-electron chi connectivity index (χ1n) is 6.42. The smallest absolute Gasteiger partial charge is 0.0638 e. The van der Waals surface area contributed by atoms with Crippen LogP contribution < -0.4 is 5.32 Å². The molecule has 16 heavy (non-hydrogen) atoms. The van der Waals surface area contributed by atoms with Gasteiger partial charge in [-0.25, -0.2) is 0 Å². The van der Waals surface area contributed by atoms with Gasteiger partial charge in [-0.1, -0.05) is 26.7 Å². The summed E-state index contributed by atoms with van der Waals surface area (Å²) in [6.07, 6.45) is 5.08. The topological polar surface area (TPSA) is 40.7 Å². The highest BCUT2D eigenvalue weighted by Gasteiger charge is 2.09. The minimum absolute atomic E-state index is 0.647. The molecule has 1 unspecified atom stereocenters. The van der Waals surface area contributed by atoms with Crippen LogP contribution in [0.1, 0.15) is 56.5 Å². The Hall–Kier alpha value is -0.830. The minimum atomic E-state index is 0.647. The van der Waals surface area contributed by atoms with Crippen molar-refractivity contribution in [2.24, 2.45) is 0 Å². The third kappa shape index (κ3) is 3.63. The molecule has 0 saturated heterocycles. The summed E-state index contributed by atoms with van der Waals surface area (Å²) in [7, 11) is 0. The highest BCUT2D eigenvalue weighted by Crippen LogP contribution is 2.11. The molecule has 0 amide bonds. The fourth-order valence-corrected chi connectivity index (χ4v) is 1.98. The quantitative estimate of drug-likeness (QED) is 0.746. The number of aromatic amines is 1. The number of nitrogens with one attached hydrogen (secondary N) is 2. The molecule has 1 aromatic rings. The van der Waals surface area contributed by atoms with E-state index in [2.05, 4.69) is 43.2 Å². The standard InChI is InChI=1S/C13H25N3/c1-5-7-8-12(6-2)14-9-13-10(3)15-16-11(13)4/h12,14H,5-9H2,1-4H3,(H,15,16). The lowest BCUT2D eigenvalue weighted by atomic mass is 10.1. The second-order valence-corrected chi connectivity index (χ2v) is 4.54. The Morgan fingerprint density at radius 2 is 2.06 bits per heavy atom. The van der Waals surface area contributed by atoms with Gasteiger partial charge in [-0.2, -0.15) is 5.10 Å². The predicted molar refractivity (Wildman–Crippen MR) is 68.5 cm³/mol. The zero-order valence-corrected chi connectivity index (χ0v) is 11.1. The summed E-state index contributed by atoms with van der Waals surface area (Å²) in [6, 6.07) is 0.647. The van der Waals surface area contributed by atoms with Crippen LogP contribution in [0.3, 0.4) is 0 Å². The number of aryl methyl sites for hydroxylation is 2. The van der Waals surface area contributed by atoms with Crippen molar-refractivity contribution in [2.75, 3.05) is 0 Å². The third-order valence-corrected chi connectivity index (χ3v) is 3.25. The van der Waals surface area contributed by atoms with Gasteiger partial charge in [0.25, 0.3) is 0 Å². The fourth-order valence-electron chi connectivity index (χ4n) is 1.98. The van der Waals surface area contributed by atoms with E-state index in [1.54, 1.807) is 0 Å². The van der Waals surface area contributed by atoms with Gasteiger partial charge in [-0.3, -0.25) is 5.10 Å². The van der Waals surface area contributed by atoms with Crippen molar-refractivity contribution in [3.05, 3.63) is 17.0 Å². The van der Waals surface area contributed by atoms with Crippen LogP contribution in [-0.2, 0) is 6.54 Å². The van der Waals surface area contributed by atoms with E-state index in [1.165, 1.54) is 36.9 Å². The van der Waals surface area contributed by atoms with Crippen LogP contribution in [0.25, 0.3) is 0 Å². The number of aromatic nitrogens is 2. The normalized spacial score (nSPS) is 13.0. The molecule has 0 saturated carbocycles. The summed E-state index contributed by atoms with van der Waals surface area (Å²) in [6.45, 7) is 9.59. The van der Waals surface area contributed by atoms with Gasteiger partial charge in [-0.15, -0.1) is 0 Å². The van der Waals surface area contributed by atoms with Crippen molar-refractivity contribution in [3.63, 3.8) is 0 Å². The summed E-state index contributed by atoms with van der Waals surface area (Å²) in [5, 5.41) is 10.9. The molecule has 1 atom stereocenters. The molecule has 0 aliphatic heterocycles. The summed E-state index contributed by atoms with van der Waals surface area (Å²) in [5.41, 5.74) is 3.64. The predicted octanol–water partition coefficient (Wildman–Crippen LogP) is 3.08. The molecule has 92 valence electrons. The average molecular weight is 223 g/mol. The molecule has 0 radical (unpaired) electrons. The van der Waals surface area contributed by atoms with E-state index in [4.69, 9.17) is 0 Å². The lowest BCUT2D eigenvalue weighted by Gasteiger charge is -2.16. The maximum absolute atomic E-state index is 4.22. The first-order chi connectivity index (χ1) is 7.69. The Bertz CT molecular complexity index is 285. The Balaban J connectivity index is 2.43. The maximum atomic E-state index is 4.22. The van der Waals surface area contributed by atoms with Gasteiger partial charge >= 0.3 is 0 Å². The summed E-state index contributed by atoms with van der Waals surface area (Å²) < 4.78 is 0. The fraction of sp³-hybridized carbons (Fsp3) is 0.769. The van der Waals surface area contributed by atoms with Crippen LogP contribution in [0.5, 0.6) is 0 Å². The number of unbranched alkanes of at least 4 members (excludes halogenated alkanes) is 1. The lowest BCUT2D eigenvalue weighted by Crippen LogP contribution is -2.28. The van der Waals surface area contributed by atoms with Crippen LogP contribution in [0.15, 0.2) is 0 Å². The molecular formula is C13H25N3. The molecular weight excluding hydrogens is 198 g/mol. The molecule has 3 nitrogen and oxygen atoms in total. The molecule has 1 rings (SSSR count). The molecule has 0 aliphatic rings. The zero-order chi connectivity index (χ0) is 12.0. The molecule has 1 heterocycles. The molecule has 0 aliphatic carbocycles. The van der Waals surface area contributed by atoms with E-state index in [-0.39, 0.29) is 0 Å². The van der Waals surface area contributed by atoms with Crippen molar-refractivity contribution in [1.29, 1.82) is 0 Å². The van der Waals surface area contributed by atoms with E-state index in [0.29, 0.717) is 6.04 Å². The Labute approximate surface area is 99.0 Å². The van der Waals surface area contributed by atoms with Crippen LogP contribution in [0.4, 0.5) is 0 Å². The van der Waals surface area contributed by atoms with Crippen LogP contribution in [-0.4, -0.2) is 16.2 Å². The van der Waals surface area contributed by atoms with Crippen LogP contribution in [0.2, 0.25) is 0 Å². The molecule has 0 spiro atoms. The minimum Gasteiger partial charge on any atom is -0.310 e. The van der Waals surface area contributed by atoms with E-state index in [1.807, 2.05) is 0 Å². The average Bonchev–Trinajstić information content (AvgIpc) is 2.60. The number of hydrogen-bond acceptors (Lipinski definition) is 2. The van der Waals surface area contributed by atoms with Crippen molar-refractivity contribution < 1.29 is 0 Å². The Morgan fingerprint density at radius 3 is 2.56 bits per heavy atom.